The molecule has 0 saturated carbocycles. The lowest BCUT2D eigenvalue weighted by Crippen LogP contribution is -2.44. The van der Waals surface area contributed by atoms with Gasteiger partial charge in [-0.25, -0.2) is 0 Å². The molecule has 190 valence electrons. The number of ketones is 1. The van der Waals surface area contributed by atoms with E-state index in [1.807, 2.05) is 54.6 Å². The fourth-order valence-electron chi connectivity index (χ4n) is 3.50. The molecule has 3 aromatic rings. The standard InChI is InChI=1S/C30H34O5S/c1-22(2)24-10-12-25(13-11-24)26-14-16-27(17-15-26)34-19-18-33-21-28(31)30(3,36-4)29(32)35-20-23-8-6-5-7-9-23/h5-17,22H,18-21H2,1-4H3. The van der Waals surface area contributed by atoms with Crippen molar-refractivity contribution in [2.45, 2.75) is 38.0 Å². The summed E-state index contributed by atoms with van der Waals surface area (Å²) in [5.74, 6) is 0.338. The molecule has 0 bridgehead atoms. The molecule has 0 heterocycles. The molecule has 0 amide bonds. The molecule has 0 radical (unpaired) electrons. The average molecular weight is 507 g/mol. The molecule has 1 unspecified atom stereocenters. The summed E-state index contributed by atoms with van der Waals surface area (Å²) in [6.45, 7) is 6.40. The second kappa shape index (κ2) is 13.3. The van der Waals surface area contributed by atoms with Crippen LogP contribution >= 0.6 is 11.8 Å². The van der Waals surface area contributed by atoms with Crippen molar-refractivity contribution in [3.8, 4) is 16.9 Å². The van der Waals surface area contributed by atoms with Crippen molar-refractivity contribution in [1.82, 2.24) is 0 Å². The first-order valence-corrected chi connectivity index (χ1v) is 13.3. The Morgan fingerprint density at radius 3 is 2.06 bits per heavy atom. The van der Waals surface area contributed by atoms with E-state index in [1.165, 1.54) is 5.56 Å². The van der Waals surface area contributed by atoms with E-state index in [-0.39, 0.29) is 25.6 Å². The van der Waals surface area contributed by atoms with Crippen LogP contribution in [0.2, 0.25) is 0 Å². The molecule has 0 fully saturated rings. The zero-order valence-electron chi connectivity index (χ0n) is 21.4. The fraction of sp³-hybridized carbons (Fsp3) is 0.333. The molecule has 0 spiro atoms. The summed E-state index contributed by atoms with van der Waals surface area (Å²) in [7, 11) is 0. The van der Waals surface area contributed by atoms with Gasteiger partial charge in [0, 0.05) is 0 Å². The summed E-state index contributed by atoms with van der Waals surface area (Å²) in [6.07, 6.45) is 1.72. The van der Waals surface area contributed by atoms with Gasteiger partial charge in [0.05, 0.1) is 6.61 Å². The third-order valence-electron chi connectivity index (χ3n) is 6.04. The highest BCUT2D eigenvalue weighted by Crippen LogP contribution is 2.27. The van der Waals surface area contributed by atoms with Crippen LogP contribution in [0.25, 0.3) is 11.1 Å². The molecule has 3 rings (SSSR count). The smallest absolute Gasteiger partial charge is 0.330 e. The lowest BCUT2D eigenvalue weighted by Gasteiger charge is -2.23. The minimum Gasteiger partial charge on any atom is -0.491 e. The van der Waals surface area contributed by atoms with E-state index in [9.17, 15) is 9.59 Å². The quantitative estimate of drug-likeness (QED) is 0.154. The third kappa shape index (κ3) is 7.45. The van der Waals surface area contributed by atoms with E-state index in [4.69, 9.17) is 14.2 Å². The van der Waals surface area contributed by atoms with Crippen molar-refractivity contribution in [1.29, 1.82) is 0 Å². The SMILES string of the molecule is CSC(C)(C(=O)COCCOc1ccc(-c2ccc(C(C)C)cc2)cc1)C(=O)OCc1ccccc1. The first-order valence-electron chi connectivity index (χ1n) is 12.0. The van der Waals surface area contributed by atoms with Gasteiger partial charge in [0.25, 0.3) is 0 Å². The van der Waals surface area contributed by atoms with Gasteiger partial charge in [-0.05, 0) is 53.5 Å². The Balaban J connectivity index is 1.41. The molecule has 0 aliphatic carbocycles. The third-order valence-corrected chi connectivity index (χ3v) is 7.25. The Bertz CT molecular complexity index is 1110. The number of hydrogen-bond acceptors (Lipinski definition) is 6. The maximum absolute atomic E-state index is 12.7. The Labute approximate surface area is 218 Å². The van der Waals surface area contributed by atoms with Gasteiger partial charge in [0.15, 0.2) is 10.5 Å². The van der Waals surface area contributed by atoms with Crippen LogP contribution in [0.3, 0.4) is 0 Å². The van der Waals surface area contributed by atoms with Gasteiger partial charge in [0.2, 0.25) is 0 Å². The summed E-state index contributed by atoms with van der Waals surface area (Å²) in [6, 6.07) is 25.9. The van der Waals surface area contributed by atoms with Gasteiger partial charge in [-0.2, -0.15) is 0 Å². The molecule has 0 aliphatic rings. The van der Waals surface area contributed by atoms with Crippen LogP contribution < -0.4 is 4.74 Å². The number of rotatable bonds is 13. The van der Waals surface area contributed by atoms with Crippen molar-refractivity contribution in [3.63, 3.8) is 0 Å². The van der Waals surface area contributed by atoms with E-state index >= 15 is 0 Å². The van der Waals surface area contributed by atoms with Gasteiger partial charge in [-0.3, -0.25) is 9.59 Å². The molecule has 6 heteroatoms. The maximum atomic E-state index is 12.7. The average Bonchev–Trinajstić information content (AvgIpc) is 2.91. The van der Waals surface area contributed by atoms with E-state index in [0.717, 1.165) is 34.2 Å². The van der Waals surface area contributed by atoms with Crippen LogP contribution in [0, 0.1) is 0 Å². The number of Topliss-reactive ketones (excluding diaryl/α,β-unsaturated/α-hetero) is 1. The van der Waals surface area contributed by atoms with E-state index in [2.05, 4.69) is 38.1 Å². The molecular weight excluding hydrogens is 472 g/mol. The fourth-order valence-corrected chi connectivity index (χ4v) is 4.01. The second-order valence-electron chi connectivity index (χ2n) is 8.92. The Morgan fingerprint density at radius 2 is 1.47 bits per heavy atom. The summed E-state index contributed by atoms with van der Waals surface area (Å²) >= 11 is 1.15. The Morgan fingerprint density at radius 1 is 0.861 bits per heavy atom. The molecule has 0 saturated heterocycles. The molecule has 0 N–H and O–H groups in total. The summed E-state index contributed by atoms with van der Waals surface area (Å²) in [5, 5.41) is 0. The van der Waals surface area contributed by atoms with Crippen LogP contribution in [0.1, 0.15) is 37.8 Å². The monoisotopic (exact) mass is 506 g/mol. The number of hydrogen-bond donors (Lipinski definition) is 0. The lowest BCUT2D eigenvalue weighted by molar-refractivity contribution is -0.151. The first kappa shape index (κ1) is 27.5. The normalized spacial score (nSPS) is 12.7. The second-order valence-corrected chi connectivity index (χ2v) is 10.1. The zero-order chi connectivity index (χ0) is 26.0. The van der Waals surface area contributed by atoms with Crippen molar-refractivity contribution >= 4 is 23.5 Å². The molecule has 3 aromatic carbocycles. The van der Waals surface area contributed by atoms with Gasteiger partial charge < -0.3 is 14.2 Å². The minimum absolute atomic E-state index is 0.125. The zero-order valence-corrected chi connectivity index (χ0v) is 22.2. The molecule has 5 nitrogen and oxygen atoms in total. The predicted octanol–water partition coefficient (Wildman–Crippen LogP) is 6.31. The number of ether oxygens (including phenoxy) is 3. The molecule has 0 aliphatic heterocycles. The van der Waals surface area contributed by atoms with Crippen molar-refractivity contribution in [3.05, 3.63) is 90.0 Å². The van der Waals surface area contributed by atoms with Gasteiger partial charge in [0.1, 0.15) is 25.6 Å². The largest absolute Gasteiger partial charge is 0.491 e. The topological polar surface area (TPSA) is 61.8 Å². The number of thioether (sulfide) groups is 1. The van der Waals surface area contributed by atoms with Crippen LogP contribution in [0.5, 0.6) is 5.75 Å². The number of benzene rings is 3. The van der Waals surface area contributed by atoms with E-state index < -0.39 is 10.7 Å². The van der Waals surface area contributed by atoms with E-state index in [1.54, 1.807) is 13.2 Å². The number of carbonyl (C=O) groups excluding carboxylic acids is 2. The van der Waals surface area contributed by atoms with E-state index in [0.29, 0.717) is 12.5 Å². The summed E-state index contributed by atoms with van der Waals surface area (Å²) in [4.78, 5) is 25.3. The lowest BCUT2D eigenvalue weighted by atomic mass is 9.99. The van der Waals surface area contributed by atoms with Crippen LogP contribution in [-0.2, 0) is 25.7 Å². The maximum Gasteiger partial charge on any atom is 0.330 e. The van der Waals surface area contributed by atoms with Crippen molar-refractivity contribution < 1.29 is 23.8 Å². The number of esters is 1. The molecule has 1 atom stereocenters. The van der Waals surface area contributed by atoms with Gasteiger partial charge in [-0.1, -0.05) is 80.6 Å². The van der Waals surface area contributed by atoms with Crippen LogP contribution in [0.15, 0.2) is 78.9 Å². The predicted molar refractivity (Wildman–Crippen MR) is 145 cm³/mol. The highest BCUT2D eigenvalue weighted by atomic mass is 32.2. The Hall–Kier alpha value is -3.09. The minimum atomic E-state index is -1.32. The van der Waals surface area contributed by atoms with Crippen molar-refractivity contribution in [2.75, 3.05) is 26.1 Å². The van der Waals surface area contributed by atoms with Crippen molar-refractivity contribution in [2.24, 2.45) is 0 Å². The first-order chi connectivity index (χ1) is 17.3. The summed E-state index contributed by atoms with van der Waals surface area (Å²) in [5.41, 5.74) is 4.47. The summed E-state index contributed by atoms with van der Waals surface area (Å²) < 4.78 is 15.3. The van der Waals surface area contributed by atoms with Gasteiger partial charge >= 0.3 is 5.97 Å². The van der Waals surface area contributed by atoms with Crippen LogP contribution in [-0.4, -0.2) is 42.6 Å². The highest BCUT2D eigenvalue weighted by Gasteiger charge is 2.41. The molecule has 0 aromatic heterocycles. The Kier molecular flexibility index (Phi) is 10.1. The highest BCUT2D eigenvalue weighted by molar-refractivity contribution is 8.01. The molecular formula is C30H34O5S. The van der Waals surface area contributed by atoms with Crippen LogP contribution in [0.4, 0.5) is 0 Å². The number of carbonyl (C=O) groups is 2. The molecule has 36 heavy (non-hydrogen) atoms. The van der Waals surface area contributed by atoms with Gasteiger partial charge in [-0.15, -0.1) is 11.8 Å².